The van der Waals surface area contributed by atoms with Crippen molar-refractivity contribution in [1.29, 1.82) is 0 Å². The zero-order valence-electron chi connectivity index (χ0n) is 20.7. The number of carbonyl (C=O) groups is 1. The van der Waals surface area contributed by atoms with Crippen LogP contribution in [0.1, 0.15) is 25.8 Å². The van der Waals surface area contributed by atoms with Crippen LogP contribution in [0.15, 0.2) is 54.1 Å². The molecule has 1 aromatic rings. The molecule has 34 heavy (non-hydrogen) atoms. The van der Waals surface area contributed by atoms with Crippen molar-refractivity contribution in [3.63, 3.8) is 0 Å². The molecule has 1 aromatic heterocycles. The Morgan fingerprint density at radius 2 is 2.03 bits per heavy atom. The first-order valence-corrected chi connectivity index (χ1v) is 12.0. The summed E-state index contributed by atoms with van der Waals surface area (Å²) >= 11 is 0. The predicted octanol–water partition coefficient (Wildman–Crippen LogP) is 3.90. The van der Waals surface area contributed by atoms with Crippen LogP contribution in [0.2, 0.25) is 12.6 Å². The molecule has 8 nitrogen and oxygen atoms in total. The summed E-state index contributed by atoms with van der Waals surface area (Å²) in [6.07, 6.45) is 10.1. The Bertz CT molecular complexity index is 948. The molecule has 4 heterocycles. The molecule has 0 aliphatic carbocycles. The number of amides is 1. The van der Waals surface area contributed by atoms with Gasteiger partial charge in [0.25, 0.3) is 0 Å². The van der Waals surface area contributed by atoms with Gasteiger partial charge in [-0.2, -0.15) is 0 Å². The molecule has 3 aliphatic rings. The van der Waals surface area contributed by atoms with E-state index < -0.39 is 0 Å². The van der Waals surface area contributed by atoms with Crippen LogP contribution in [0.5, 0.6) is 5.88 Å². The van der Waals surface area contributed by atoms with Gasteiger partial charge in [0.2, 0.25) is 5.88 Å². The van der Waals surface area contributed by atoms with Crippen molar-refractivity contribution >= 4 is 24.8 Å². The van der Waals surface area contributed by atoms with Crippen molar-refractivity contribution in [2.24, 2.45) is 4.99 Å². The Hall–Kier alpha value is -3.23. The molecular weight excluding hydrogens is 429 g/mol. The van der Waals surface area contributed by atoms with E-state index in [0.717, 1.165) is 41.9 Å². The summed E-state index contributed by atoms with van der Waals surface area (Å²) in [5, 5.41) is 0. The van der Waals surface area contributed by atoms with E-state index in [1.807, 2.05) is 50.2 Å². The highest BCUT2D eigenvalue weighted by Gasteiger charge is 2.28. The minimum Gasteiger partial charge on any atom is -0.481 e. The molecule has 9 heteroatoms. The molecule has 0 aromatic carbocycles. The third-order valence-corrected chi connectivity index (χ3v) is 5.95. The number of rotatable bonds is 4. The number of carbonyl (C=O) groups excluding carboxylic acids is 1. The number of pyridine rings is 1. The van der Waals surface area contributed by atoms with Gasteiger partial charge in [0, 0.05) is 56.8 Å². The number of piperazine rings is 1. The first kappa shape index (κ1) is 25.4. The number of ether oxygens (including phenoxy) is 2. The Morgan fingerprint density at radius 3 is 2.68 bits per heavy atom. The lowest BCUT2D eigenvalue weighted by atomic mass is 9.77. The normalized spacial score (nSPS) is 21.1. The van der Waals surface area contributed by atoms with Crippen LogP contribution in [0.4, 0.5) is 4.79 Å². The molecule has 4 rings (SSSR count). The minimum absolute atomic E-state index is 0.0382. The molecule has 2 fully saturated rings. The molecule has 0 bridgehead atoms. The average molecular weight is 464 g/mol. The zero-order valence-corrected chi connectivity index (χ0v) is 20.7. The van der Waals surface area contributed by atoms with Crippen LogP contribution in [0.3, 0.4) is 0 Å². The summed E-state index contributed by atoms with van der Waals surface area (Å²) in [6.45, 7) is 10.6. The fourth-order valence-electron chi connectivity index (χ4n) is 4.15. The van der Waals surface area contributed by atoms with Gasteiger partial charge in [-0.3, -0.25) is 0 Å². The van der Waals surface area contributed by atoms with Gasteiger partial charge in [0.15, 0.2) is 0 Å². The summed E-state index contributed by atoms with van der Waals surface area (Å²) in [6, 6.07) is 3.82. The molecule has 2 saturated heterocycles. The van der Waals surface area contributed by atoms with Gasteiger partial charge in [-0.15, -0.1) is 0 Å². The monoisotopic (exact) mass is 464 g/mol. The van der Waals surface area contributed by atoms with Gasteiger partial charge in [0.05, 0.1) is 13.2 Å². The Balaban J connectivity index is 0.00000158. The molecule has 1 atom stereocenters. The van der Waals surface area contributed by atoms with Crippen LogP contribution in [0.25, 0.3) is 5.57 Å². The van der Waals surface area contributed by atoms with E-state index in [0.29, 0.717) is 32.1 Å². The number of hydrogen-bond acceptors (Lipinski definition) is 7. The van der Waals surface area contributed by atoms with Crippen LogP contribution >= 0.6 is 0 Å². The number of aromatic nitrogens is 1. The molecule has 181 valence electrons. The number of hydrogen-bond donors (Lipinski definition) is 0. The lowest BCUT2D eigenvalue weighted by Crippen LogP contribution is -2.51. The van der Waals surface area contributed by atoms with E-state index in [1.54, 1.807) is 24.3 Å². The van der Waals surface area contributed by atoms with E-state index in [4.69, 9.17) is 14.5 Å². The summed E-state index contributed by atoms with van der Waals surface area (Å²) in [7, 11) is 5.74. The third-order valence-electron chi connectivity index (χ3n) is 5.95. The van der Waals surface area contributed by atoms with Gasteiger partial charge in [0.1, 0.15) is 18.9 Å². The van der Waals surface area contributed by atoms with E-state index in [2.05, 4.69) is 23.7 Å². The maximum atomic E-state index is 12.5. The van der Waals surface area contributed by atoms with Crippen molar-refractivity contribution in [2.75, 3.05) is 40.3 Å². The quantitative estimate of drug-likeness (QED) is 0.630. The summed E-state index contributed by atoms with van der Waals surface area (Å²) in [5.74, 6) is 2.16. The van der Waals surface area contributed by atoms with E-state index in [9.17, 15) is 4.79 Å². The molecule has 1 unspecified atom stereocenters. The lowest BCUT2D eigenvalue weighted by Gasteiger charge is -2.37. The molecule has 3 aliphatic heterocycles. The first-order chi connectivity index (χ1) is 16.6. The highest BCUT2D eigenvalue weighted by atomic mass is 16.6. The molecule has 1 radical (unpaired) electrons. The van der Waals surface area contributed by atoms with Crippen LogP contribution in [0, 0.1) is 0 Å². The number of aliphatic imine (C=N–C) groups is 1. The number of allylic oxidation sites excluding steroid dienone is 2. The third kappa shape index (κ3) is 5.82. The van der Waals surface area contributed by atoms with Gasteiger partial charge < -0.3 is 24.2 Å². The van der Waals surface area contributed by atoms with Crippen molar-refractivity contribution < 1.29 is 14.3 Å². The highest BCUT2D eigenvalue weighted by Crippen LogP contribution is 2.30. The molecule has 0 spiro atoms. The standard InChI is InChI=1S/C23H29BN5O3.C2H6/c1-4-18(19-6-5-10-25-22(19)31-3)21-26-20(8-11-27(21)2)28-12-14-29(15-13-28)23(30)32-17-7-9-24-16-17;1-2/h4-6,8,10-11,17H,1,7,9,12-16H2,2-3H3;1-2H3/b21-18+;. The fraction of sp³-hybridized carbons (Fsp3) is 0.480. The summed E-state index contributed by atoms with van der Waals surface area (Å²) < 4.78 is 11.1. The predicted molar refractivity (Wildman–Crippen MR) is 137 cm³/mol. The van der Waals surface area contributed by atoms with Crippen LogP contribution in [-0.4, -0.2) is 85.3 Å². The van der Waals surface area contributed by atoms with E-state index >= 15 is 0 Å². The molecule has 0 saturated carbocycles. The second-order valence-electron chi connectivity index (χ2n) is 7.98. The second kappa shape index (κ2) is 12.3. The van der Waals surface area contributed by atoms with E-state index in [1.165, 1.54) is 0 Å². The van der Waals surface area contributed by atoms with Crippen LogP contribution < -0.4 is 4.74 Å². The SMILES string of the molecule is C=C/C(=C1/N=C(N2CCN(C(=O)OC3C[B]CC3)CC2)C=CN1C)c1cccnc1OC.CC. The van der Waals surface area contributed by atoms with Gasteiger partial charge >= 0.3 is 6.09 Å². The van der Waals surface area contributed by atoms with Crippen molar-refractivity contribution in [3.8, 4) is 5.88 Å². The first-order valence-electron chi connectivity index (χ1n) is 12.0. The fourth-order valence-corrected chi connectivity index (χ4v) is 4.15. The van der Waals surface area contributed by atoms with Crippen LogP contribution in [-0.2, 0) is 4.74 Å². The zero-order chi connectivity index (χ0) is 24.5. The maximum Gasteiger partial charge on any atom is 0.410 e. The van der Waals surface area contributed by atoms with Gasteiger partial charge in [-0.25, -0.2) is 14.8 Å². The molecule has 1 amide bonds. The maximum absolute atomic E-state index is 12.5. The number of methoxy groups -OCH3 is 1. The lowest BCUT2D eigenvalue weighted by molar-refractivity contribution is 0.0609. The Kier molecular flexibility index (Phi) is 9.19. The highest BCUT2D eigenvalue weighted by molar-refractivity contribution is 6.36. The van der Waals surface area contributed by atoms with Crippen molar-refractivity contribution in [1.82, 2.24) is 19.7 Å². The average Bonchev–Trinajstić information content (AvgIpc) is 3.40. The number of nitrogens with zero attached hydrogens (tertiary/aromatic N) is 5. The Morgan fingerprint density at radius 1 is 1.26 bits per heavy atom. The summed E-state index contributed by atoms with van der Waals surface area (Å²) in [4.78, 5) is 27.6. The van der Waals surface area contributed by atoms with Crippen molar-refractivity contribution in [3.05, 3.63) is 54.6 Å². The second-order valence-corrected chi connectivity index (χ2v) is 7.98. The topological polar surface area (TPSA) is 70.5 Å². The van der Waals surface area contributed by atoms with Crippen molar-refractivity contribution in [2.45, 2.75) is 39.0 Å². The number of amidine groups is 1. The van der Waals surface area contributed by atoms with Gasteiger partial charge in [-0.05, 0) is 30.9 Å². The molecular formula is C25H35BN5O3. The minimum atomic E-state index is -0.205. The molecule has 0 N–H and O–H groups in total. The Labute approximate surface area is 203 Å². The van der Waals surface area contributed by atoms with E-state index in [-0.39, 0.29) is 12.2 Å². The summed E-state index contributed by atoms with van der Waals surface area (Å²) in [5.41, 5.74) is 1.68. The smallest absolute Gasteiger partial charge is 0.410 e. The largest absolute Gasteiger partial charge is 0.481 e. The van der Waals surface area contributed by atoms with Gasteiger partial charge in [-0.1, -0.05) is 32.8 Å².